The van der Waals surface area contributed by atoms with E-state index in [0.29, 0.717) is 5.56 Å². The first-order valence-electron chi connectivity index (χ1n) is 4.67. The van der Waals surface area contributed by atoms with E-state index in [9.17, 15) is 19.1 Å². The van der Waals surface area contributed by atoms with Gasteiger partial charge in [0.25, 0.3) is 0 Å². The van der Waals surface area contributed by atoms with E-state index in [2.05, 4.69) is 4.74 Å². The van der Waals surface area contributed by atoms with Gasteiger partial charge < -0.3 is 14.9 Å². The molecule has 0 aliphatic heterocycles. The molecule has 1 aromatic carbocycles. The largest absolute Gasteiger partial charge is 0.479 e. The van der Waals surface area contributed by atoms with Crippen LogP contribution in [0.1, 0.15) is 27.6 Å². The maximum absolute atomic E-state index is 13.4. The van der Waals surface area contributed by atoms with Crippen molar-refractivity contribution in [2.24, 2.45) is 0 Å². The highest BCUT2D eigenvalue weighted by molar-refractivity contribution is 5.91. The van der Waals surface area contributed by atoms with Crippen LogP contribution in [-0.4, -0.2) is 29.3 Å². The second-order valence-corrected chi connectivity index (χ2v) is 3.42. The molecule has 0 fully saturated rings. The second-order valence-electron chi connectivity index (χ2n) is 3.42. The van der Waals surface area contributed by atoms with Crippen molar-refractivity contribution < 1.29 is 28.9 Å². The van der Waals surface area contributed by atoms with Gasteiger partial charge in [0, 0.05) is 5.56 Å². The van der Waals surface area contributed by atoms with Crippen LogP contribution in [0, 0.1) is 12.7 Å². The van der Waals surface area contributed by atoms with E-state index in [4.69, 9.17) is 5.11 Å². The highest BCUT2D eigenvalue weighted by Crippen LogP contribution is 2.22. The van der Waals surface area contributed by atoms with Gasteiger partial charge in [-0.25, -0.2) is 14.0 Å². The van der Waals surface area contributed by atoms with E-state index in [-0.39, 0.29) is 5.56 Å². The number of hydrogen-bond acceptors (Lipinski definition) is 4. The zero-order valence-corrected chi connectivity index (χ0v) is 9.23. The van der Waals surface area contributed by atoms with E-state index in [1.54, 1.807) is 0 Å². The first-order chi connectivity index (χ1) is 7.88. The van der Waals surface area contributed by atoms with Crippen LogP contribution in [0.3, 0.4) is 0 Å². The molecule has 1 aromatic rings. The summed E-state index contributed by atoms with van der Waals surface area (Å²) in [6.07, 6.45) is -2.01. The fourth-order valence-corrected chi connectivity index (χ4v) is 1.36. The summed E-state index contributed by atoms with van der Waals surface area (Å²) in [5.74, 6) is -3.20. The Bertz CT molecular complexity index is 469. The summed E-state index contributed by atoms with van der Waals surface area (Å²) in [6, 6.07) is 1.96. The maximum Gasteiger partial charge on any atom is 0.338 e. The molecule has 0 aliphatic carbocycles. The predicted molar refractivity (Wildman–Crippen MR) is 55.1 cm³/mol. The lowest BCUT2D eigenvalue weighted by atomic mass is 10.0. The molecule has 0 heterocycles. The van der Waals surface area contributed by atoms with Crippen molar-refractivity contribution in [1.29, 1.82) is 0 Å². The van der Waals surface area contributed by atoms with Crippen LogP contribution in [0.15, 0.2) is 12.1 Å². The highest BCUT2D eigenvalue weighted by atomic mass is 19.1. The van der Waals surface area contributed by atoms with Crippen molar-refractivity contribution in [3.8, 4) is 0 Å². The number of aliphatic carboxylic acids is 1. The van der Waals surface area contributed by atoms with Gasteiger partial charge in [0.05, 0.1) is 12.7 Å². The monoisotopic (exact) mass is 242 g/mol. The van der Waals surface area contributed by atoms with Crippen LogP contribution in [0.2, 0.25) is 0 Å². The van der Waals surface area contributed by atoms with Crippen molar-refractivity contribution in [3.05, 3.63) is 34.6 Å². The van der Waals surface area contributed by atoms with E-state index in [1.807, 2.05) is 0 Å². The zero-order valence-electron chi connectivity index (χ0n) is 9.23. The van der Waals surface area contributed by atoms with Gasteiger partial charge in [-0.2, -0.15) is 0 Å². The summed E-state index contributed by atoms with van der Waals surface area (Å²) in [6.45, 7) is 1.48. The minimum atomic E-state index is -2.01. The second kappa shape index (κ2) is 4.92. The van der Waals surface area contributed by atoms with Crippen LogP contribution in [-0.2, 0) is 9.53 Å². The summed E-state index contributed by atoms with van der Waals surface area (Å²) < 4.78 is 17.9. The number of carbonyl (C=O) groups excluding carboxylic acids is 1. The molecular formula is C11H11FO5. The average molecular weight is 242 g/mol. The van der Waals surface area contributed by atoms with Crippen molar-refractivity contribution in [3.63, 3.8) is 0 Å². The number of aryl methyl sites for hydroxylation is 1. The van der Waals surface area contributed by atoms with E-state index in [0.717, 1.165) is 19.2 Å². The number of aliphatic hydroxyl groups excluding tert-OH is 1. The molecule has 0 aliphatic rings. The zero-order chi connectivity index (χ0) is 13.2. The maximum atomic E-state index is 13.4. The third kappa shape index (κ3) is 2.59. The molecule has 0 saturated carbocycles. The third-order valence-corrected chi connectivity index (χ3v) is 2.28. The quantitative estimate of drug-likeness (QED) is 0.773. The Morgan fingerprint density at radius 1 is 1.41 bits per heavy atom. The number of methoxy groups -OCH3 is 1. The predicted octanol–water partition coefficient (Wildman–Crippen LogP) is 1.04. The van der Waals surface area contributed by atoms with Gasteiger partial charge in [-0.15, -0.1) is 0 Å². The lowest BCUT2D eigenvalue weighted by Gasteiger charge is -2.11. The minimum Gasteiger partial charge on any atom is -0.479 e. The number of carbonyl (C=O) groups is 2. The normalized spacial score (nSPS) is 12.0. The molecule has 1 unspecified atom stereocenters. The average Bonchev–Trinajstić information content (AvgIpc) is 2.27. The number of benzene rings is 1. The van der Waals surface area contributed by atoms with Gasteiger partial charge in [-0.3, -0.25) is 0 Å². The summed E-state index contributed by atoms with van der Waals surface area (Å²) in [4.78, 5) is 21.9. The Labute approximate surface area is 96.4 Å². The van der Waals surface area contributed by atoms with Gasteiger partial charge in [-0.05, 0) is 24.6 Å². The summed E-state index contributed by atoms with van der Waals surface area (Å²) in [7, 11) is 1.15. The lowest BCUT2D eigenvalue weighted by molar-refractivity contribution is -0.147. The van der Waals surface area contributed by atoms with E-state index in [1.165, 1.54) is 6.92 Å². The molecule has 0 saturated heterocycles. The molecule has 92 valence electrons. The molecule has 0 bridgehead atoms. The molecule has 5 nitrogen and oxygen atoms in total. The fourth-order valence-electron chi connectivity index (χ4n) is 1.36. The number of esters is 1. The molecule has 6 heteroatoms. The summed E-state index contributed by atoms with van der Waals surface area (Å²) in [5, 5.41) is 17.8. The Morgan fingerprint density at radius 2 is 2.00 bits per heavy atom. The number of ether oxygens (including phenoxy) is 1. The molecule has 1 rings (SSSR count). The first-order valence-corrected chi connectivity index (χ1v) is 4.67. The molecule has 2 N–H and O–H groups in total. The molecule has 0 amide bonds. The van der Waals surface area contributed by atoms with Gasteiger partial charge in [0.15, 0.2) is 6.10 Å². The number of hydrogen-bond donors (Lipinski definition) is 2. The topological polar surface area (TPSA) is 83.8 Å². The Balaban J connectivity index is 3.33. The Morgan fingerprint density at radius 3 is 2.47 bits per heavy atom. The summed E-state index contributed by atoms with van der Waals surface area (Å²) in [5.41, 5.74) is -0.150. The fraction of sp³-hybridized carbons (Fsp3) is 0.273. The first kappa shape index (κ1) is 13.1. The molecule has 17 heavy (non-hydrogen) atoms. The van der Waals surface area contributed by atoms with Gasteiger partial charge in [-0.1, -0.05) is 0 Å². The van der Waals surface area contributed by atoms with Crippen molar-refractivity contribution in [2.75, 3.05) is 7.11 Å². The summed E-state index contributed by atoms with van der Waals surface area (Å²) >= 11 is 0. The molecule has 0 radical (unpaired) electrons. The Hall–Kier alpha value is -1.95. The van der Waals surface area contributed by atoms with Crippen molar-refractivity contribution >= 4 is 11.9 Å². The smallest absolute Gasteiger partial charge is 0.338 e. The highest BCUT2D eigenvalue weighted by Gasteiger charge is 2.23. The van der Waals surface area contributed by atoms with Crippen molar-refractivity contribution in [2.45, 2.75) is 13.0 Å². The number of carboxylic acids is 1. The molecule has 1 atom stereocenters. The standard InChI is InChI=1S/C11H11FO5/c1-5-3-8(12)7(9(13)10(14)15)4-6(5)11(16)17-2/h3-4,9,13H,1-2H3,(H,14,15). The SMILES string of the molecule is COC(=O)c1cc(C(O)C(=O)O)c(F)cc1C. The number of aliphatic hydroxyl groups is 1. The van der Waals surface area contributed by atoms with Crippen LogP contribution < -0.4 is 0 Å². The van der Waals surface area contributed by atoms with Crippen LogP contribution >= 0.6 is 0 Å². The Kier molecular flexibility index (Phi) is 3.80. The molecular weight excluding hydrogens is 231 g/mol. The van der Waals surface area contributed by atoms with E-state index < -0.39 is 29.4 Å². The van der Waals surface area contributed by atoms with Gasteiger partial charge >= 0.3 is 11.9 Å². The molecule has 0 spiro atoms. The third-order valence-electron chi connectivity index (χ3n) is 2.28. The van der Waals surface area contributed by atoms with Crippen LogP contribution in [0.5, 0.6) is 0 Å². The van der Waals surface area contributed by atoms with Crippen LogP contribution in [0.25, 0.3) is 0 Å². The van der Waals surface area contributed by atoms with Crippen molar-refractivity contribution in [1.82, 2.24) is 0 Å². The lowest BCUT2D eigenvalue weighted by Crippen LogP contribution is -2.14. The van der Waals surface area contributed by atoms with Gasteiger partial charge in [0.2, 0.25) is 0 Å². The number of rotatable bonds is 3. The van der Waals surface area contributed by atoms with E-state index >= 15 is 0 Å². The van der Waals surface area contributed by atoms with Gasteiger partial charge in [0.1, 0.15) is 5.82 Å². The number of carboxylic acid groups (broad SMARTS) is 1. The van der Waals surface area contributed by atoms with Crippen LogP contribution in [0.4, 0.5) is 4.39 Å². The number of halogens is 1. The minimum absolute atomic E-state index is 0.0178. The molecule has 0 aromatic heterocycles.